The summed E-state index contributed by atoms with van der Waals surface area (Å²) in [4.78, 5) is 32.9. The molecule has 0 saturated carbocycles. The van der Waals surface area contributed by atoms with Gasteiger partial charge in [-0.15, -0.1) is 0 Å². The van der Waals surface area contributed by atoms with Gasteiger partial charge in [-0.05, 0) is 0 Å². The van der Waals surface area contributed by atoms with Crippen molar-refractivity contribution in [2.24, 2.45) is 5.92 Å². The SMILES string of the molecule is CC1(C)c2cc(CC3C(=O)N(c4ccccc4)C(=[Te])N(c4ccccc4)C3=O)sc2-n2c3ccccc3c3cccc1c32. The van der Waals surface area contributed by atoms with Crippen LogP contribution in [0.15, 0.2) is 109 Å². The number of para-hydroxylation sites is 4. The van der Waals surface area contributed by atoms with E-state index in [2.05, 4.69) is 66.9 Å². The maximum absolute atomic E-state index is 14.2. The molecule has 6 aromatic rings. The van der Waals surface area contributed by atoms with Crippen molar-refractivity contribution in [1.29, 1.82) is 0 Å². The number of benzene rings is 4. The number of aromatic nitrogens is 1. The first-order chi connectivity index (χ1) is 20.9. The predicted molar refractivity (Wildman–Crippen MR) is 177 cm³/mol. The Bertz CT molecular complexity index is 2050. The van der Waals surface area contributed by atoms with Gasteiger partial charge >= 0.3 is 262 Å². The summed E-state index contributed by atoms with van der Waals surface area (Å²) in [6.45, 7) is 4.56. The van der Waals surface area contributed by atoms with Crippen LogP contribution in [0.5, 0.6) is 0 Å². The van der Waals surface area contributed by atoms with Crippen molar-refractivity contribution in [2.45, 2.75) is 25.7 Å². The Hall–Kier alpha value is -4.02. The fourth-order valence-corrected chi connectivity index (χ4v) is 9.23. The number of fused-ring (bicyclic) bond motifs is 5. The number of nitrogens with zero attached hydrogens (tertiary/aromatic N) is 3. The van der Waals surface area contributed by atoms with E-state index in [0.29, 0.717) is 10.2 Å². The zero-order valence-electron chi connectivity index (χ0n) is 23.7. The van der Waals surface area contributed by atoms with Gasteiger partial charge in [0.25, 0.3) is 0 Å². The van der Waals surface area contributed by atoms with Crippen LogP contribution in [-0.2, 0) is 21.4 Å². The van der Waals surface area contributed by atoms with E-state index >= 15 is 0 Å². The van der Waals surface area contributed by atoms with Crippen molar-refractivity contribution >= 4 is 82.0 Å². The molecule has 0 bridgehead atoms. The Labute approximate surface area is 266 Å². The normalized spacial score (nSPS) is 16.4. The average molecular weight is 693 g/mol. The zero-order chi connectivity index (χ0) is 29.5. The maximum atomic E-state index is 14.2. The molecule has 4 aromatic carbocycles. The molecule has 43 heavy (non-hydrogen) atoms. The first-order valence-electron chi connectivity index (χ1n) is 14.3. The number of rotatable bonds is 4. The Morgan fingerprint density at radius 2 is 1.30 bits per heavy atom. The van der Waals surface area contributed by atoms with Gasteiger partial charge < -0.3 is 0 Å². The zero-order valence-corrected chi connectivity index (χ0v) is 26.8. The minimum absolute atomic E-state index is 0.189. The van der Waals surface area contributed by atoms with Gasteiger partial charge in [-0.1, -0.05) is 6.07 Å². The molecule has 7 heteroatoms. The fraction of sp³-hybridized carbons (Fsp3) is 0.139. The molecule has 5 nitrogen and oxygen atoms in total. The van der Waals surface area contributed by atoms with Gasteiger partial charge in [0.15, 0.2) is 0 Å². The van der Waals surface area contributed by atoms with E-state index in [9.17, 15) is 9.59 Å². The summed E-state index contributed by atoms with van der Waals surface area (Å²) in [5, 5.41) is 3.66. The number of thiophene rings is 1. The second-order valence-electron chi connectivity index (χ2n) is 11.7. The van der Waals surface area contributed by atoms with Gasteiger partial charge in [0, 0.05) is 0 Å². The molecule has 4 heterocycles. The molecule has 1 saturated heterocycles. The summed E-state index contributed by atoms with van der Waals surface area (Å²) >= 11 is 3.45. The van der Waals surface area contributed by atoms with Crippen molar-refractivity contribution in [3.63, 3.8) is 0 Å². The van der Waals surface area contributed by atoms with Gasteiger partial charge in [0.1, 0.15) is 0 Å². The molecule has 0 spiro atoms. The summed E-state index contributed by atoms with van der Waals surface area (Å²) in [6.07, 6.45) is 0.338. The number of amides is 2. The Kier molecular flexibility index (Phi) is 6.03. The third-order valence-corrected chi connectivity index (χ3v) is 11.0. The molecule has 0 atom stereocenters. The summed E-state index contributed by atoms with van der Waals surface area (Å²) in [5.41, 5.74) is 6.23. The molecular formula is C36H27N3O2STe. The van der Waals surface area contributed by atoms with E-state index in [4.69, 9.17) is 0 Å². The standard InChI is InChI=1S/C36H27N3O2STe/c1-36(2)28-18-11-17-26-25-16-9-10-19-30(25)39(31(26)28)34-29(36)21-24(42-34)20-27-32(40)37(22-12-5-3-6-13-22)35(43)38(33(27)41)23-14-7-4-8-15-23/h3-19,21,27H,20H2,1-2H3. The predicted octanol–water partition coefficient (Wildman–Crippen LogP) is 6.98. The van der Waals surface area contributed by atoms with Crippen LogP contribution in [0.3, 0.4) is 0 Å². The molecule has 0 aliphatic carbocycles. The molecule has 2 aliphatic rings. The van der Waals surface area contributed by atoms with Gasteiger partial charge in [0.05, 0.1) is 0 Å². The molecule has 0 N–H and O–H groups in total. The first-order valence-corrected chi connectivity index (χ1v) is 16.3. The van der Waals surface area contributed by atoms with Crippen molar-refractivity contribution in [3.8, 4) is 5.00 Å². The topological polar surface area (TPSA) is 45.6 Å². The summed E-state index contributed by atoms with van der Waals surface area (Å²) < 4.78 is 2.99. The molecule has 210 valence electrons. The van der Waals surface area contributed by atoms with E-state index in [0.717, 1.165) is 16.3 Å². The van der Waals surface area contributed by atoms with E-state index in [1.54, 1.807) is 43.0 Å². The number of hydrogen-bond acceptors (Lipinski definition) is 3. The van der Waals surface area contributed by atoms with Crippen LogP contribution in [-0.4, -0.2) is 42.0 Å². The third kappa shape index (κ3) is 3.85. The number of carbonyl (C=O) groups excluding carboxylic acids is 2. The molecule has 2 amide bonds. The molecule has 2 aromatic heterocycles. The monoisotopic (exact) mass is 695 g/mol. The minimum atomic E-state index is -0.849. The quantitative estimate of drug-likeness (QED) is 0.148. The Morgan fingerprint density at radius 3 is 1.95 bits per heavy atom. The Balaban J connectivity index is 1.26. The molecular weight excluding hydrogens is 666 g/mol. The van der Waals surface area contributed by atoms with Crippen LogP contribution in [0, 0.1) is 5.92 Å². The molecule has 2 aliphatic heterocycles. The summed E-state index contributed by atoms with van der Waals surface area (Å²) in [5.74, 6) is -1.23. The number of anilines is 2. The van der Waals surface area contributed by atoms with Crippen LogP contribution in [0.4, 0.5) is 11.4 Å². The van der Waals surface area contributed by atoms with Crippen LogP contribution in [0.1, 0.15) is 29.9 Å². The third-order valence-electron chi connectivity index (χ3n) is 8.86. The summed E-state index contributed by atoms with van der Waals surface area (Å²) in [6, 6.07) is 36.6. The number of carbonyl (C=O) groups is 2. The van der Waals surface area contributed by atoms with E-state index in [1.807, 2.05) is 60.7 Å². The van der Waals surface area contributed by atoms with Crippen LogP contribution in [0.25, 0.3) is 26.8 Å². The second-order valence-corrected chi connectivity index (χ2v) is 13.8. The second kappa shape index (κ2) is 9.75. The number of hydrogen-bond donors (Lipinski definition) is 0. The van der Waals surface area contributed by atoms with Crippen LogP contribution >= 0.6 is 11.3 Å². The van der Waals surface area contributed by atoms with E-state index in [1.165, 1.54) is 37.9 Å². The first kappa shape index (κ1) is 26.6. The molecule has 0 unspecified atom stereocenters. The Morgan fingerprint density at radius 1 is 0.721 bits per heavy atom. The van der Waals surface area contributed by atoms with Crippen LogP contribution < -0.4 is 9.80 Å². The van der Waals surface area contributed by atoms with Gasteiger partial charge in [-0.25, -0.2) is 0 Å². The van der Waals surface area contributed by atoms with Crippen molar-refractivity contribution in [3.05, 3.63) is 125 Å². The van der Waals surface area contributed by atoms with Crippen LogP contribution in [0.2, 0.25) is 0 Å². The molecule has 8 rings (SSSR count). The fourth-order valence-electron chi connectivity index (χ4n) is 6.74. The molecule has 1 fully saturated rings. The van der Waals surface area contributed by atoms with E-state index in [-0.39, 0.29) is 17.2 Å². The average Bonchev–Trinajstić information content (AvgIpc) is 3.60. The van der Waals surface area contributed by atoms with E-state index < -0.39 is 5.92 Å². The van der Waals surface area contributed by atoms with Crippen molar-refractivity contribution in [2.75, 3.05) is 9.80 Å². The van der Waals surface area contributed by atoms with Crippen molar-refractivity contribution < 1.29 is 9.59 Å². The van der Waals surface area contributed by atoms with Gasteiger partial charge in [0.2, 0.25) is 0 Å². The van der Waals surface area contributed by atoms with Gasteiger partial charge in [-0.3, -0.25) is 0 Å². The summed E-state index contributed by atoms with van der Waals surface area (Å²) in [7, 11) is 0. The molecule has 0 radical (unpaired) electrons. The van der Waals surface area contributed by atoms with Crippen molar-refractivity contribution in [1.82, 2.24) is 4.57 Å². The van der Waals surface area contributed by atoms with Gasteiger partial charge in [-0.2, -0.15) is 0 Å².